The minimum atomic E-state index is 0.444. The number of rotatable bonds is 4. The lowest BCUT2D eigenvalue weighted by atomic mass is 10.1. The number of hydrogen-bond donors (Lipinski definition) is 1. The number of hydrogen-bond acceptors (Lipinski definition) is 3. The van der Waals surface area contributed by atoms with Gasteiger partial charge in [-0.1, -0.05) is 12.8 Å². The summed E-state index contributed by atoms with van der Waals surface area (Å²) >= 11 is 2.12. The summed E-state index contributed by atoms with van der Waals surface area (Å²) in [6.45, 7) is 10.8. The van der Waals surface area contributed by atoms with Gasteiger partial charge in [0.25, 0.3) is 0 Å². The van der Waals surface area contributed by atoms with Crippen LogP contribution in [-0.4, -0.2) is 47.1 Å². The van der Waals surface area contributed by atoms with Gasteiger partial charge in [0.2, 0.25) is 0 Å². The van der Waals surface area contributed by atoms with E-state index in [1.807, 2.05) is 0 Å². The van der Waals surface area contributed by atoms with E-state index in [0.29, 0.717) is 10.8 Å². The maximum Gasteiger partial charge on any atom is 0.0231 e. The highest BCUT2D eigenvalue weighted by Crippen LogP contribution is 2.30. The van der Waals surface area contributed by atoms with Gasteiger partial charge >= 0.3 is 0 Å². The fraction of sp³-hybridized carbons (Fsp3) is 1.00. The molecule has 1 saturated carbocycles. The largest absolute Gasteiger partial charge is 0.312 e. The molecule has 1 saturated heterocycles. The molecule has 2 fully saturated rings. The third-order valence-electron chi connectivity index (χ3n) is 4.14. The van der Waals surface area contributed by atoms with Gasteiger partial charge in [0.15, 0.2) is 0 Å². The second-order valence-corrected chi connectivity index (χ2v) is 8.12. The van der Waals surface area contributed by atoms with Crippen LogP contribution in [0.1, 0.15) is 46.5 Å². The average Bonchev–Trinajstić information content (AvgIpc) is 2.77. The first-order valence-electron chi connectivity index (χ1n) is 7.18. The van der Waals surface area contributed by atoms with Gasteiger partial charge in [-0.05, 0) is 33.6 Å². The summed E-state index contributed by atoms with van der Waals surface area (Å²) in [6.07, 6.45) is 5.65. The van der Waals surface area contributed by atoms with Crippen LogP contribution in [0.4, 0.5) is 0 Å². The molecule has 1 heterocycles. The molecule has 1 aliphatic carbocycles. The third-order valence-corrected chi connectivity index (χ3v) is 5.43. The number of thioether (sulfide) groups is 1. The van der Waals surface area contributed by atoms with E-state index in [1.54, 1.807) is 0 Å². The molecule has 1 aliphatic heterocycles. The van der Waals surface area contributed by atoms with Crippen molar-refractivity contribution >= 4 is 11.8 Å². The van der Waals surface area contributed by atoms with Crippen molar-refractivity contribution in [1.82, 2.24) is 10.2 Å². The SMILES string of the molecule is CC(CNC1CCCC1)N1CCSC(C)(C)C1. The van der Waals surface area contributed by atoms with E-state index in [1.165, 1.54) is 51.1 Å². The van der Waals surface area contributed by atoms with Gasteiger partial charge in [0.1, 0.15) is 0 Å². The van der Waals surface area contributed by atoms with Crippen molar-refractivity contribution in [2.75, 3.05) is 25.4 Å². The minimum Gasteiger partial charge on any atom is -0.312 e. The van der Waals surface area contributed by atoms with E-state index in [9.17, 15) is 0 Å². The number of nitrogens with zero attached hydrogens (tertiary/aromatic N) is 1. The highest BCUT2D eigenvalue weighted by Gasteiger charge is 2.29. The molecule has 0 aromatic heterocycles. The van der Waals surface area contributed by atoms with Crippen molar-refractivity contribution in [2.45, 2.75) is 63.3 Å². The molecule has 0 radical (unpaired) electrons. The summed E-state index contributed by atoms with van der Waals surface area (Å²) in [5.74, 6) is 1.29. The summed E-state index contributed by atoms with van der Waals surface area (Å²) < 4.78 is 0.444. The second-order valence-electron chi connectivity index (χ2n) is 6.32. The maximum atomic E-state index is 3.76. The summed E-state index contributed by atoms with van der Waals surface area (Å²) in [7, 11) is 0. The lowest BCUT2D eigenvalue weighted by Crippen LogP contribution is -2.51. The normalized spacial score (nSPS) is 28.4. The van der Waals surface area contributed by atoms with E-state index in [2.05, 4.69) is 42.7 Å². The van der Waals surface area contributed by atoms with E-state index < -0.39 is 0 Å². The second kappa shape index (κ2) is 5.94. The lowest BCUT2D eigenvalue weighted by molar-refractivity contribution is 0.191. The monoisotopic (exact) mass is 256 g/mol. The maximum absolute atomic E-state index is 3.76. The van der Waals surface area contributed by atoms with Crippen LogP contribution in [-0.2, 0) is 0 Å². The molecule has 2 aliphatic rings. The molecule has 1 N–H and O–H groups in total. The van der Waals surface area contributed by atoms with Crippen LogP contribution in [0.25, 0.3) is 0 Å². The third kappa shape index (κ3) is 4.15. The van der Waals surface area contributed by atoms with Gasteiger partial charge in [0.05, 0.1) is 0 Å². The summed E-state index contributed by atoms with van der Waals surface area (Å²) in [6, 6.07) is 1.50. The zero-order valence-corrected chi connectivity index (χ0v) is 12.5. The Balaban J connectivity index is 1.72. The van der Waals surface area contributed by atoms with Crippen LogP contribution in [0, 0.1) is 0 Å². The molecule has 0 aromatic carbocycles. The van der Waals surface area contributed by atoms with Crippen molar-refractivity contribution in [2.24, 2.45) is 0 Å². The van der Waals surface area contributed by atoms with Gasteiger partial charge in [-0.25, -0.2) is 0 Å². The zero-order chi connectivity index (χ0) is 12.3. The summed E-state index contributed by atoms with van der Waals surface area (Å²) in [4.78, 5) is 2.67. The standard InChI is InChI=1S/C14H28N2S/c1-12(10-15-13-6-4-5-7-13)16-8-9-17-14(2,3)11-16/h12-13,15H,4-11H2,1-3H3. The smallest absolute Gasteiger partial charge is 0.0231 e. The predicted molar refractivity (Wildman–Crippen MR) is 77.8 cm³/mol. The van der Waals surface area contributed by atoms with Gasteiger partial charge in [-0.2, -0.15) is 11.8 Å². The molecule has 1 unspecified atom stereocenters. The van der Waals surface area contributed by atoms with Crippen molar-refractivity contribution < 1.29 is 0 Å². The predicted octanol–water partition coefficient (Wildman–Crippen LogP) is 2.73. The Hall–Kier alpha value is 0.270. The summed E-state index contributed by atoms with van der Waals surface area (Å²) in [5.41, 5.74) is 0. The topological polar surface area (TPSA) is 15.3 Å². The van der Waals surface area contributed by atoms with E-state index in [4.69, 9.17) is 0 Å². The first kappa shape index (κ1) is 13.7. The highest BCUT2D eigenvalue weighted by atomic mass is 32.2. The van der Waals surface area contributed by atoms with Crippen molar-refractivity contribution in [3.63, 3.8) is 0 Å². The zero-order valence-electron chi connectivity index (χ0n) is 11.7. The fourth-order valence-electron chi connectivity index (χ4n) is 3.03. The quantitative estimate of drug-likeness (QED) is 0.832. The highest BCUT2D eigenvalue weighted by molar-refractivity contribution is 8.00. The first-order valence-corrected chi connectivity index (χ1v) is 8.17. The molecule has 100 valence electrons. The Kier molecular flexibility index (Phi) is 4.79. The van der Waals surface area contributed by atoms with Gasteiger partial charge in [0, 0.05) is 42.2 Å². The molecule has 0 bridgehead atoms. The Morgan fingerprint density at radius 3 is 2.71 bits per heavy atom. The van der Waals surface area contributed by atoms with Crippen LogP contribution in [0.5, 0.6) is 0 Å². The van der Waals surface area contributed by atoms with Crippen molar-refractivity contribution in [3.8, 4) is 0 Å². The molecule has 17 heavy (non-hydrogen) atoms. The van der Waals surface area contributed by atoms with E-state index in [-0.39, 0.29) is 0 Å². The Morgan fingerprint density at radius 2 is 2.06 bits per heavy atom. The van der Waals surface area contributed by atoms with E-state index in [0.717, 1.165) is 6.04 Å². The fourth-order valence-corrected chi connectivity index (χ4v) is 4.16. The van der Waals surface area contributed by atoms with Crippen LogP contribution in [0.2, 0.25) is 0 Å². The van der Waals surface area contributed by atoms with Crippen molar-refractivity contribution in [3.05, 3.63) is 0 Å². The van der Waals surface area contributed by atoms with Gasteiger partial charge in [-0.15, -0.1) is 0 Å². The molecule has 0 amide bonds. The van der Waals surface area contributed by atoms with Gasteiger partial charge in [-0.3, -0.25) is 4.90 Å². The Morgan fingerprint density at radius 1 is 1.35 bits per heavy atom. The van der Waals surface area contributed by atoms with Crippen molar-refractivity contribution in [1.29, 1.82) is 0 Å². The van der Waals surface area contributed by atoms with Crippen LogP contribution in [0.15, 0.2) is 0 Å². The first-order chi connectivity index (χ1) is 8.07. The van der Waals surface area contributed by atoms with E-state index >= 15 is 0 Å². The molecule has 0 aromatic rings. The number of nitrogens with one attached hydrogen (secondary N) is 1. The summed E-state index contributed by atoms with van der Waals surface area (Å²) in [5, 5.41) is 3.76. The molecular weight excluding hydrogens is 228 g/mol. The minimum absolute atomic E-state index is 0.444. The Bertz CT molecular complexity index is 236. The average molecular weight is 256 g/mol. The van der Waals surface area contributed by atoms with Crippen LogP contribution < -0.4 is 5.32 Å². The van der Waals surface area contributed by atoms with Crippen LogP contribution in [0.3, 0.4) is 0 Å². The van der Waals surface area contributed by atoms with Gasteiger partial charge < -0.3 is 5.32 Å². The molecule has 1 atom stereocenters. The molecular formula is C14H28N2S. The Labute approximate surface area is 111 Å². The molecule has 2 nitrogen and oxygen atoms in total. The lowest BCUT2D eigenvalue weighted by Gasteiger charge is -2.41. The molecule has 0 spiro atoms. The molecule has 2 rings (SSSR count). The molecule has 3 heteroatoms. The van der Waals surface area contributed by atoms with Crippen LogP contribution >= 0.6 is 11.8 Å².